The van der Waals surface area contributed by atoms with Gasteiger partial charge in [-0.2, -0.15) is 0 Å². The van der Waals surface area contributed by atoms with Crippen LogP contribution < -0.4 is 4.72 Å². The van der Waals surface area contributed by atoms with E-state index in [-0.39, 0.29) is 28.9 Å². The second kappa shape index (κ2) is 5.90. The summed E-state index contributed by atoms with van der Waals surface area (Å²) in [7, 11) is -1.85. The third-order valence-corrected chi connectivity index (χ3v) is 3.90. The zero-order valence-electron chi connectivity index (χ0n) is 11.9. The number of carbonyl (C=O) groups excluding carboxylic acids is 1. The minimum Gasteiger partial charge on any atom is -0.507 e. The van der Waals surface area contributed by atoms with Crippen LogP contribution in [0.25, 0.3) is 0 Å². The molecule has 1 heterocycles. The molecule has 116 valence electrons. The Hall–Kier alpha value is -1.80. The van der Waals surface area contributed by atoms with E-state index in [2.05, 4.69) is 4.72 Å². The monoisotopic (exact) mass is 314 g/mol. The number of phenols is 1. The van der Waals surface area contributed by atoms with Gasteiger partial charge in [0.05, 0.1) is 30.2 Å². The lowest BCUT2D eigenvalue weighted by Crippen LogP contribution is -2.53. The van der Waals surface area contributed by atoms with E-state index < -0.39 is 10.0 Å². The zero-order chi connectivity index (χ0) is 15.6. The van der Waals surface area contributed by atoms with Crippen molar-refractivity contribution < 1.29 is 23.1 Å². The van der Waals surface area contributed by atoms with Crippen molar-refractivity contribution in [1.82, 2.24) is 4.90 Å². The normalized spacial score (nSPS) is 18.2. The first kappa shape index (κ1) is 15.6. The number of benzene rings is 1. The summed E-state index contributed by atoms with van der Waals surface area (Å²) in [6, 6.07) is 4.10. The molecule has 8 heteroatoms. The van der Waals surface area contributed by atoms with Crippen LogP contribution in [0, 0.1) is 0 Å². The maximum Gasteiger partial charge on any atom is 0.257 e. The average molecular weight is 314 g/mol. The number of aromatic hydroxyl groups is 1. The van der Waals surface area contributed by atoms with E-state index in [1.807, 2.05) is 0 Å². The van der Waals surface area contributed by atoms with Gasteiger partial charge in [-0.05, 0) is 18.6 Å². The fourth-order valence-corrected chi connectivity index (χ4v) is 2.77. The fraction of sp³-hybridized carbons (Fsp3) is 0.462. The molecule has 2 rings (SSSR count). The standard InChI is InChI=1S/C13H18N2O5S/c1-20-8-10-5-6-15(10)13(17)11-4-3-9(7-12(11)16)14-21(2,18)19/h3-4,7,10,14,16H,5-6,8H2,1-2H3. The van der Waals surface area contributed by atoms with E-state index >= 15 is 0 Å². The molecule has 1 saturated heterocycles. The van der Waals surface area contributed by atoms with Crippen LogP contribution in [0.15, 0.2) is 18.2 Å². The van der Waals surface area contributed by atoms with Gasteiger partial charge in [0, 0.05) is 19.7 Å². The molecule has 21 heavy (non-hydrogen) atoms. The maximum atomic E-state index is 12.3. The topological polar surface area (TPSA) is 95.9 Å². The third-order valence-electron chi connectivity index (χ3n) is 3.30. The Morgan fingerprint density at radius 1 is 1.52 bits per heavy atom. The van der Waals surface area contributed by atoms with Crippen molar-refractivity contribution in [1.29, 1.82) is 0 Å². The van der Waals surface area contributed by atoms with E-state index in [4.69, 9.17) is 4.74 Å². The van der Waals surface area contributed by atoms with Crippen LogP contribution in [0.3, 0.4) is 0 Å². The number of rotatable bonds is 5. The highest BCUT2D eigenvalue weighted by Crippen LogP contribution is 2.27. The highest BCUT2D eigenvalue weighted by atomic mass is 32.2. The SMILES string of the molecule is COCC1CCN1C(=O)c1ccc(NS(C)(=O)=O)cc1O. The third kappa shape index (κ3) is 3.64. The number of hydrogen-bond donors (Lipinski definition) is 2. The lowest BCUT2D eigenvalue weighted by molar-refractivity contribution is 0.0199. The summed E-state index contributed by atoms with van der Waals surface area (Å²) < 4.78 is 29.5. The molecule has 1 amide bonds. The maximum absolute atomic E-state index is 12.3. The first-order chi connectivity index (χ1) is 9.81. The van der Waals surface area contributed by atoms with Crippen LogP contribution in [-0.4, -0.2) is 56.9 Å². The van der Waals surface area contributed by atoms with E-state index in [1.165, 1.54) is 18.2 Å². The van der Waals surface area contributed by atoms with Crippen molar-refractivity contribution in [2.45, 2.75) is 12.5 Å². The van der Waals surface area contributed by atoms with Gasteiger partial charge in [-0.15, -0.1) is 0 Å². The number of amides is 1. The van der Waals surface area contributed by atoms with Crippen LogP contribution >= 0.6 is 0 Å². The molecule has 1 aromatic carbocycles. The Kier molecular flexibility index (Phi) is 4.38. The van der Waals surface area contributed by atoms with Gasteiger partial charge in [0.15, 0.2) is 0 Å². The minimum absolute atomic E-state index is 0.0238. The summed E-state index contributed by atoms with van der Waals surface area (Å²) in [5.41, 5.74) is 0.360. The predicted molar refractivity (Wildman–Crippen MR) is 77.9 cm³/mol. The Morgan fingerprint density at radius 2 is 2.24 bits per heavy atom. The Balaban J connectivity index is 2.15. The Labute approximate surface area is 123 Å². The van der Waals surface area contributed by atoms with Gasteiger partial charge in [0.1, 0.15) is 5.75 Å². The molecule has 2 N–H and O–H groups in total. The van der Waals surface area contributed by atoms with E-state index in [0.717, 1.165) is 12.7 Å². The number of anilines is 1. The summed E-state index contributed by atoms with van der Waals surface area (Å²) in [5.74, 6) is -0.538. The molecule has 7 nitrogen and oxygen atoms in total. The van der Waals surface area contributed by atoms with Gasteiger partial charge in [0.2, 0.25) is 10.0 Å². The highest BCUT2D eigenvalue weighted by Gasteiger charge is 2.33. The summed E-state index contributed by atoms with van der Waals surface area (Å²) in [6.07, 6.45) is 1.88. The number of carbonyl (C=O) groups is 1. The molecule has 0 saturated carbocycles. The second-order valence-electron chi connectivity index (χ2n) is 5.00. The molecular formula is C13H18N2O5S. The summed E-state index contributed by atoms with van der Waals surface area (Å²) >= 11 is 0. The van der Waals surface area contributed by atoms with Crippen molar-refractivity contribution >= 4 is 21.6 Å². The molecule has 0 aliphatic carbocycles. The van der Waals surface area contributed by atoms with Crippen LogP contribution in [0.1, 0.15) is 16.8 Å². The van der Waals surface area contributed by atoms with Gasteiger partial charge in [-0.1, -0.05) is 0 Å². The number of ether oxygens (including phenoxy) is 1. The quantitative estimate of drug-likeness (QED) is 0.831. The number of hydrogen-bond acceptors (Lipinski definition) is 5. The molecule has 0 bridgehead atoms. The molecule has 1 aliphatic heterocycles. The van der Waals surface area contributed by atoms with Gasteiger partial charge in [0.25, 0.3) is 5.91 Å². The second-order valence-corrected chi connectivity index (χ2v) is 6.75. The van der Waals surface area contributed by atoms with E-state index in [1.54, 1.807) is 12.0 Å². The van der Waals surface area contributed by atoms with Crippen molar-refractivity contribution in [2.24, 2.45) is 0 Å². The zero-order valence-corrected chi connectivity index (χ0v) is 12.7. The largest absolute Gasteiger partial charge is 0.507 e. The molecule has 1 atom stereocenters. The van der Waals surface area contributed by atoms with Gasteiger partial charge >= 0.3 is 0 Å². The molecule has 0 spiro atoms. The Bertz CT molecular complexity index is 644. The van der Waals surface area contributed by atoms with Crippen molar-refractivity contribution in [3.05, 3.63) is 23.8 Å². The predicted octanol–water partition coefficient (Wildman–Crippen LogP) is 0.625. The summed E-state index contributed by atoms with van der Waals surface area (Å²) in [6.45, 7) is 1.08. The number of likely N-dealkylation sites (tertiary alicyclic amines) is 1. The molecule has 1 aromatic rings. The molecule has 0 radical (unpaired) electrons. The van der Waals surface area contributed by atoms with E-state index in [9.17, 15) is 18.3 Å². The van der Waals surface area contributed by atoms with Crippen molar-refractivity contribution in [2.75, 3.05) is 31.2 Å². The smallest absolute Gasteiger partial charge is 0.257 e. The number of sulfonamides is 1. The molecule has 0 aromatic heterocycles. The molecule has 1 unspecified atom stereocenters. The number of methoxy groups -OCH3 is 1. The molecular weight excluding hydrogens is 296 g/mol. The van der Waals surface area contributed by atoms with Gasteiger partial charge in [-0.25, -0.2) is 8.42 Å². The summed E-state index contributed by atoms with van der Waals surface area (Å²) in [5, 5.41) is 9.93. The van der Waals surface area contributed by atoms with Gasteiger partial charge < -0.3 is 14.7 Å². The average Bonchev–Trinajstić information content (AvgIpc) is 2.32. The Morgan fingerprint density at radius 3 is 2.71 bits per heavy atom. The number of nitrogens with one attached hydrogen (secondary N) is 1. The number of phenolic OH excluding ortho intramolecular Hbond substituents is 1. The van der Waals surface area contributed by atoms with Crippen LogP contribution in [0.4, 0.5) is 5.69 Å². The van der Waals surface area contributed by atoms with Crippen LogP contribution in [-0.2, 0) is 14.8 Å². The van der Waals surface area contributed by atoms with Crippen molar-refractivity contribution in [3.63, 3.8) is 0 Å². The first-order valence-electron chi connectivity index (χ1n) is 6.42. The van der Waals surface area contributed by atoms with Gasteiger partial charge in [-0.3, -0.25) is 9.52 Å². The van der Waals surface area contributed by atoms with Crippen LogP contribution in [0.5, 0.6) is 5.75 Å². The van der Waals surface area contributed by atoms with Crippen LogP contribution in [0.2, 0.25) is 0 Å². The molecule has 1 fully saturated rings. The first-order valence-corrected chi connectivity index (χ1v) is 8.31. The molecule has 1 aliphatic rings. The van der Waals surface area contributed by atoms with E-state index in [0.29, 0.717) is 13.2 Å². The fourth-order valence-electron chi connectivity index (χ4n) is 2.22. The van der Waals surface area contributed by atoms with Crippen molar-refractivity contribution in [3.8, 4) is 5.75 Å². The minimum atomic E-state index is -3.43. The summed E-state index contributed by atoms with van der Waals surface area (Å²) in [4.78, 5) is 13.9. The lowest BCUT2D eigenvalue weighted by Gasteiger charge is -2.40. The highest BCUT2D eigenvalue weighted by molar-refractivity contribution is 7.92. The lowest BCUT2D eigenvalue weighted by atomic mass is 10.0. The number of nitrogens with zero attached hydrogens (tertiary/aromatic N) is 1.